The highest BCUT2D eigenvalue weighted by Crippen LogP contribution is 2.35. The predicted molar refractivity (Wildman–Crippen MR) is 142 cm³/mol. The van der Waals surface area contributed by atoms with E-state index in [1.165, 1.54) is 0 Å². The van der Waals surface area contributed by atoms with Crippen LogP contribution in [0, 0.1) is 6.92 Å². The van der Waals surface area contributed by atoms with Crippen molar-refractivity contribution < 1.29 is 14.6 Å². The normalized spacial score (nSPS) is 10.9. The molecule has 0 aliphatic heterocycles. The van der Waals surface area contributed by atoms with E-state index in [0.717, 1.165) is 35.4 Å². The summed E-state index contributed by atoms with van der Waals surface area (Å²) in [4.78, 5) is 30.4. The third kappa shape index (κ3) is 4.93. The average Bonchev–Trinajstić information content (AvgIpc) is 2.89. The van der Waals surface area contributed by atoms with Crippen molar-refractivity contribution in [3.05, 3.63) is 106 Å². The van der Waals surface area contributed by atoms with Crippen molar-refractivity contribution in [1.29, 1.82) is 0 Å². The minimum atomic E-state index is -1.01. The number of nitrogens with zero attached hydrogens (tertiary/aromatic N) is 2. The molecule has 0 spiro atoms. The summed E-state index contributed by atoms with van der Waals surface area (Å²) in [5.74, 6) is 0.254. The van der Waals surface area contributed by atoms with Crippen molar-refractivity contribution >= 4 is 5.97 Å². The zero-order chi connectivity index (χ0) is 25.7. The SMILES string of the molecule is CCCCc1ncc(-c2ccccc2C)c(=O)n1Cc1cccc(-c2ccccc2C(=O)O)c1OC. The molecule has 0 saturated carbocycles. The first kappa shape index (κ1) is 24.9. The molecule has 0 aliphatic rings. The lowest BCUT2D eigenvalue weighted by atomic mass is 9.96. The highest BCUT2D eigenvalue weighted by Gasteiger charge is 2.19. The maximum Gasteiger partial charge on any atom is 0.336 e. The van der Waals surface area contributed by atoms with Crippen LogP contribution in [0.1, 0.15) is 47.1 Å². The maximum atomic E-state index is 13.8. The van der Waals surface area contributed by atoms with Crippen molar-refractivity contribution in [2.75, 3.05) is 7.11 Å². The molecule has 1 heterocycles. The van der Waals surface area contributed by atoms with E-state index in [-0.39, 0.29) is 17.7 Å². The Kier molecular flexibility index (Phi) is 7.64. The monoisotopic (exact) mass is 482 g/mol. The van der Waals surface area contributed by atoms with Gasteiger partial charge in [-0.05, 0) is 36.1 Å². The molecule has 6 nitrogen and oxygen atoms in total. The second-order valence-corrected chi connectivity index (χ2v) is 8.75. The van der Waals surface area contributed by atoms with Crippen LogP contribution in [0.5, 0.6) is 5.75 Å². The van der Waals surface area contributed by atoms with Gasteiger partial charge in [0.15, 0.2) is 0 Å². The zero-order valence-electron chi connectivity index (χ0n) is 20.8. The Hall–Kier alpha value is -4.19. The third-order valence-electron chi connectivity index (χ3n) is 6.40. The van der Waals surface area contributed by atoms with Crippen molar-refractivity contribution in [2.45, 2.75) is 39.7 Å². The summed E-state index contributed by atoms with van der Waals surface area (Å²) in [6.07, 6.45) is 4.27. The van der Waals surface area contributed by atoms with Crippen molar-refractivity contribution in [2.24, 2.45) is 0 Å². The number of ether oxygens (including phenoxy) is 1. The smallest absolute Gasteiger partial charge is 0.336 e. The highest BCUT2D eigenvalue weighted by molar-refractivity contribution is 5.97. The third-order valence-corrected chi connectivity index (χ3v) is 6.40. The van der Waals surface area contributed by atoms with Gasteiger partial charge in [0.1, 0.15) is 11.6 Å². The fourth-order valence-corrected chi connectivity index (χ4v) is 4.52. The fraction of sp³-hybridized carbons (Fsp3) is 0.233. The summed E-state index contributed by atoms with van der Waals surface area (Å²) in [6.45, 7) is 4.35. The Labute approximate surface area is 210 Å². The second-order valence-electron chi connectivity index (χ2n) is 8.75. The number of aromatic nitrogens is 2. The van der Waals surface area contributed by atoms with Gasteiger partial charge in [0.2, 0.25) is 0 Å². The number of hydrogen-bond acceptors (Lipinski definition) is 4. The molecule has 36 heavy (non-hydrogen) atoms. The van der Waals surface area contributed by atoms with Crippen LogP contribution in [0.15, 0.2) is 77.7 Å². The Balaban J connectivity index is 1.87. The van der Waals surface area contributed by atoms with Crippen LogP contribution < -0.4 is 10.3 Å². The largest absolute Gasteiger partial charge is 0.496 e. The molecule has 0 unspecified atom stereocenters. The predicted octanol–water partition coefficient (Wildman–Crippen LogP) is 5.98. The lowest BCUT2D eigenvalue weighted by Crippen LogP contribution is -2.27. The van der Waals surface area contributed by atoms with Crippen molar-refractivity contribution in [3.8, 4) is 28.0 Å². The van der Waals surface area contributed by atoms with E-state index >= 15 is 0 Å². The van der Waals surface area contributed by atoms with Crippen LogP contribution in [0.3, 0.4) is 0 Å². The van der Waals surface area contributed by atoms with E-state index in [1.54, 1.807) is 42.1 Å². The van der Waals surface area contributed by atoms with Crippen LogP contribution >= 0.6 is 0 Å². The summed E-state index contributed by atoms with van der Waals surface area (Å²) in [6, 6.07) is 20.2. The number of aromatic carboxylic acids is 1. The van der Waals surface area contributed by atoms with E-state index in [1.807, 2.05) is 49.4 Å². The quantitative estimate of drug-likeness (QED) is 0.317. The van der Waals surface area contributed by atoms with Gasteiger partial charge < -0.3 is 9.84 Å². The highest BCUT2D eigenvalue weighted by atomic mass is 16.5. The molecule has 3 aromatic carbocycles. The van der Waals surface area contributed by atoms with Gasteiger partial charge in [-0.15, -0.1) is 0 Å². The first-order valence-electron chi connectivity index (χ1n) is 12.1. The van der Waals surface area contributed by atoms with Gasteiger partial charge in [0.25, 0.3) is 5.56 Å². The molecular weight excluding hydrogens is 452 g/mol. The minimum absolute atomic E-state index is 0.108. The van der Waals surface area contributed by atoms with E-state index in [9.17, 15) is 14.7 Å². The number of carboxylic acids is 1. The Morgan fingerprint density at radius 1 is 0.944 bits per heavy atom. The number of carbonyl (C=O) groups is 1. The number of carboxylic acid groups (broad SMARTS) is 1. The summed E-state index contributed by atoms with van der Waals surface area (Å²) in [5, 5.41) is 9.72. The molecule has 0 atom stereocenters. The van der Waals surface area contributed by atoms with Gasteiger partial charge in [-0.3, -0.25) is 9.36 Å². The molecule has 4 rings (SSSR count). The molecule has 1 aromatic heterocycles. The number of aryl methyl sites for hydroxylation is 2. The molecular formula is C30H30N2O4. The standard InChI is InChI=1S/C30H30N2O4/c1-4-5-17-27-31-18-26(22-13-7-6-11-20(22)2)29(33)32(27)19-21-12-10-16-24(28(21)36-3)23-14-8-9-15-25(23)30(34)35/h6-16,18H,4-5,17,19H2,1-3H3,(H,34,35). The number of rotatable bonds is 9. The zero-order valence-corrected chi connectivity index (χ0v) is 20.8. The number of para-hydroxylation sites is 1. The number of benzene rings is 3. The molecule has 0 saturated heterocycles. The molecule has 1 N–H and O–H groups in total. The van der Waals surface area contributed by atoms with Crippen LogP contribution in [-0.4, -0.2) is 27.7 Å². The molecule has 0 aliphatic carbocycles. The first-order chi connectivity index (χ1) is 17.5. The van der Waals surface area contributed by atoms with E-state index in [2.05, 4.69) is 6.92 Å². The second kappa shape index (κ2) is 11.0. The molecule has 6 heteroatoms. The van der Waals surface area contributed by atoms with E-state index in [4.69, 9.17) is 9.72 Å². The maximum absolute atomic E-state index is 13.8. The van der Waals surface area contributed by atoms with E-state index in [0.29, 0.717) is 28.9 Å². The molecule has 4 aromatic rings. The fourth-order valence-electron chi connectivity index (χ4n) is 4.52. The minimum Gasteiger partial charge on any atom is -0.496 e. The van der Waals surface area contributed by atoms with Crippen LogP contribution in [-0.2, 0) is 13.0 Å². The van der Waals surface area contributed by atoms with Gasteiger partial charge in [0.05, 0.1) is 24.8 Å². The van der Waals surface area contributed by atoms with Gasteiger partial charge >= 0.3 is 5.97 Å². The molecule has 0 bridgehead atoms. The van der Waals surface area contributed by atoms with Gasteiger partial charge in [-0.25, -0.2) is 9.78 Å². The Morgan fingerprint density at radius 2 is 1.64 bits per heavy atom. The molecule has 184 valence electrons. The number of hydrogen-bond donors (Lipinski definition) is 1. The first-order valence-corrected chi connectivity index (χ1v) is 12.1. The molecule has 0 amide bonds. The van der Waals surface area contributed by atoms with Crippen LogP contribution in [0.2, 0.25) is 0 Å². The van der Waals surface area contributed by atoms with Crippen LogP contribution in [0.25, 0.3) is 22.3 Å². The molecule has 0 radical (unpaired) electrons. The van der Waals surface area contributed by atoms with Crippen molar-refractivity contribution in [1.82, 2.24) is 9.55 Å². The Morgan fingerprint density at radius 3 is 2.33 bits per heavy atom. The molecule has 0 fully saturated rings. The average molecular weight is 483 g/mol. The lowest BCUT2D eigenvalue weighted by molar-refractivity contribution is 0.0697. The van der Waals surface area contributed by atoms with Gasteiger partial charge in [0, 0.05) is 23.7 Å². The topological polar surface area (TPSA) is 81.4 Å². The van der Waals surface area contributed by atoms with Gasteiger partial charge in [-0.1, -0.05) is 74.0 Å². The summed E-state index contributed by atoms with van der Waals surface area (Å²) in [7, 11) is 1.56. The summed E-state index contributed by atoms with van der Waals surface area (Å²) >= 11 is 0. The number of methoxy groups -OCH3 is 1. The van der Waals surface area contributed by atoms with Gasteiger partial charge in [-0.2, -0.15) is 0 Å². The summed E-state index contributed by atoms with van der Waals surface area (Å²) < 4.78 is 7.53. The lowest BCUT2D eigenvalue weighted by Gasteiger charge is -2.18. The van der Waals surface area contributed by atoms with Crippen LogP contribution in [0.4, 0.5) is 0 Å². The van der Waals surface area contributed by atoms with E-state index < -0.39 is 5.97 Å². The van der Waals surface area contributed by atoms with Crippen molar-refractivity contribution in [3.63, 3.8) is 0 Å². The Bertz CT molecular complexity index is 1460. The number of unbranched alkanes of at least 4 members (excludes halogenated alkanes) is 1. The summed E-state index contributed by atoms with van der Waals surface area (Å²) in [5.41, 5.74) is 4.52.